The maximum absolute atomic E-state index is 12.2. The fourth-order valence-electron chi connectivity index (χ4n) is 3.95. The molecule has 0 saturated heterocycles. The molecule has 0 saturated carbocycles. The molecule has 1 aliphatic heterocycles. The second-order valence-corrected chi connectivity index (χ2v) is 7.97. The van der Waals surface area contributed by atoms with Crippen molar-refractivity contribution in [2.75, 3.05) is 25.5 Å². The van der Waals surface area contributed by atoms with E-state index in [1.165, 1.54) is 6.92 Å². The lowest BCUT2D eigenvalue weighted by molar-refractivity contribution is -0.123. The molecule has 1 N–H and O–H groups in total. The molecule has 0 aliphatic carbocycles. The molecule has 2 atom stereocenters. The predicted molar refractivity (Wildman–Crippen MR) is 114 cm³/mol. The molecule has 2 amide bonds. The lowest BCUT2D eigenvalue weighted by Gasteiger charge is -2.39. The predicted octanol–water partition coefficient (Wildman–Crippen LogP) is 1.97. The van der Waals surface area contributed by atoms with Crippen molar-refractivity contribution in [3.63, 3.8) is 0 Å². The van der Waals surface area contributed by atoms with Crippen molar-refractivity contribution in [1.82, 2.24) is 25.2 Å². The van der Waals surface area contributed by atoms with Crippen molar-refractivity contribution in [3.05, 3.63) is 30.0 Å². The molecular weight excluding hydrogens is 400 g/mol. The van der Waals surface area contributed by atoms with Gasteiger partial charge in [-0.25, -0.2) is 4.79 Å². The Morgan fingerprint density at radius 2 is 2.13 bits per heavy atom. The quantitative estimate of drug-likeness (QED) is 0.530. The summed E-state index contributed by atoms with van der Waals surface area (Å²) in [5.41, 5.74) is 3.00. The molecule has 3 rings (SSSR count). The number of benzene rings is 1. The van der Waals surface area contributed by atoms with Crippen LogP contribution in [0.1, 0.15) is 38.3 Å². The molecule has 1 aromatic carbocycles. The summed E-state index contributed by atoms with van der Waals surface area (Å²) in [6.07, 6.45) is 2.50. The SMILES string of the molecule is CC(=O)N1c2ccc(-c3cn(CCCN(C)C)nn3)cc2[C@H](NC(=O)OC=O)C[C@@H]1C. The molecule has 10 heteroatoms. The number of carbonyl (C=O) groups is 3. The van der Waals surface area contributed by atoms with Crippen LogP contribution >= 0.6 is 0 Å². The minimum absolute atomic E-state index is 0.0812. The van der Waals surface area contributed by atoms with Gasteiger partial charge in [0, 0.05) is 30.8 Å². The highest BCUT2D eigenvalue weighted by Gasteiger charge is 2.33. The first-order valence-corrected chi connectivity index (χ1v) is 10.2. The maximum atomic E-state index is 12.2. The van der Waals surface area contributed by atoms with Crippen molar-refractivity contribution < 1.29 is 19.1 Å². The van der Waals surface area contributed by atoms with Gasteiger partial charge in [-0.1, -0.05) is 11.3 Å². The normalized spacial score (nSPS) is 17.9. The number of aromatic nitrogens is 3. The summed E-state index contributed by atoms with van der Waals surface area (Å²) >= 11 is 0. The number of nitrogens with one attached hydrogen (secondary N) is 1. The summed E-state index contributed by atoms with van der Waals surface area (Å²) in [6, 6.07) is 5.10. The van der Waals surface area contributed by atoms with Gasteiger partial charge in [-0.15, -0.1) is 5.10 Å². The second-order valence-electron chi connectivity index (χ2n) is 7.97. The summed E-state index contributed by atoms with van der Waals surface area (Å²) in [5.74, 6) is -0.0812. The molecule has 10 nitrogen and oxygen atoms in total. The van der Waals surface area contributed by atoms with E-state index in [0.29, 0.717) is 17.8 Å². The first-order valence-electron chi connectivity index (χ1n) is 10.2. The molecule has 166 valence electrons. The van der Waals surface area contributed by atoms with Crippen molar-refractivity contribution >= 4 is 24.2 Å². The standard InChI is InChI=1S/C21H28N6O4/c1-14-10-18(22-21(30)31-13-28)17-11-16(6-7-20(17)27(14)15(2)29)19-12-26(24-23-19)9-5-8-25(3)4/h6-7,11-14,18H,5,8-10H2,1-4H3,(H,22,30)/t14-,18+/m0/s1. The van der Waals surface area contributed by atoms with Crippen LogP contribution in [0.4, 0.5) is 10.5 Å². The third kappa shape index (κ3) is 5.26. The number of fused-ring (bicyclic) bond motifs is 1. The zero-order chi connectivity index (χ0) is 22.5. The third-order valence-corrected chi connectivity index (χ3v) is 5.29. The molecule has 31 heavy (non-hydrogen) atoms. The molecule has 1 aliphatic rings. The van der Waals surface area contributed by atoms with Crippen LogP contribution in [0.2, 0.25) is 0 Å². The van der Waals surface area contributed by atoms with E-state index in [9.17, 15) is 14.4 Å². The van der Waals surface area contributed by atoms with E-state index in [4.69, 9.17) is 0 Å². The smallest absolute Gasteiger partial charge is 0.379 e. The number of alkyl carbamates (subject to hydrolysis) is 1. The van der Waals surface area contributed by atoms with Crippen molar-refractivity contribution in [2.45, 2.75) is 45.3 Å². The zero-order valence-electron chi connectivity index (χ0n) is 18.2. The lowest BCUT2D eigenvalue weighted by Crippen LogP contribution is -2.45. The van der Waals surface area contributed by atoms with Crippen molar-refractivity contribution in [2.24, 2.45) is 0 Å². The van der Waals surface area contributed by atoms with Gasteiger partial charge < -0.3 is 19.9 Å². The number of carbonyl (C=O) groups excluding carboxylic acids is 3. The number of rotatable bonds is 7. The molecule has 1 aromatic heterocycles. The summed E-state index contributed by atoms with van der Waals surface area (Å²) in [6.45, 7) is 5.24. The van der Waals surface area contributed by atoms with Crippen LogP contribution in [-0.4, -0.2) is 65.0 Å². The first-order chi connectivity index (χ1) is 14.8. The molecule has 0 spiro atoms. The number of hydrogen-bond acceptors (Lipinski definition) is 7. The Hall–Kier alpha value is -3.27. The highest BCUT2D eigenvalue weighted by Crippen LogP contribution is 2.39. The summed E-state index contributed by atoms with van der Waals surface area (Å²) in [5, 5.41) is 11.2. The van der Waals surface area contributed by atoms with Gasteiger partial charge >= 0.3 is 12.6 Å². The summed E-state index contributed by atoms with van der Waals surface area (Å²) < 4.78 is 6.21. The zero-order valence-corrected chi connectivity index (χ0v) is 18.2. The Labute approximate surface area is 181 Å². The molecule has 0 radical (unpaired) electrons. The molecule has 0 bridgehead atoms. The molecule has 0 unspecified atom stereocenters. The Bertz CT molecular complexity index is 957. The van der Waals surface area contributed by atoms with E-state index in [0.717, 1.165) is 30.6 Å². The number of nitrogens with zero attached hydrogens (tertiary/aromatic N) is 5. The minimum atomic E-state index is -0.827. The monoisotopic (exact) mass is 428 g/mol. The van der Waals surface area contributed by atoms with Gasteiger partial charge in [-0.3, -0.25) is 14.3 Å². The van der Waals surface area contributed by atoms with Crippen LogP contribution in [0.25, 0.3) is 11.3 Å². The number of amides is 2. The fraction of sp³-hybridized carbons (Fsp3) is 0.476. The van der Waals surface area contributed by atoms with Gasteiger partial charge in [0.1, 0.15) is 5.69 Å². The Morgan fingerprint density at radius 1 is 1.35 bits per heavy atom. The number of ether oxygens (including phenoxy) is 1. The van der Waals surface area contributed by atoms with Crippen LogP contribution in [0.3, 0.4) is 0 Å². The van der Waals surface area contributed by atoms with Gasteiger partial charge in [0.15, 0.2) is 0 Å². The Morgan fingerprint density at radius 3 is 2.81 bits per heavy atom. The van der Waals surface area contributed by atoms with Gasteiger partial charge in [0.25, 0.3) is 0 Å². The maximum Gasteiger partial charge on any atom is 0.415 e. The second kappa shape index (κ2) is 9.69. The largest absolute Gasteiger partial charge is 0.415 e. The van der Waals surface area contributed by atoms with Gasteiger partial charge in [-0.05, 0) is 58.1 Å². The van der Waals surface area contributed by atoms with E-state index in [-0.39, 0.29) is 18.4 Å². The fourth-order valence-corrected chi connectivity index (χ4v) is 3.95. The van der Waals surface area contributed by atoms with Crippen molar-refractivity contribution in [3.8, 4) is 11.3 Å². The van der Waals surface area contributed by atoms with E-state index < -0.39 is 12.1 Å². The van der Waals surface area contributed by atoms with Gasteiger partial charge in [-0.2, -0.15) is 0 Å². The molecular formula is C21H28N6O4. The average molecular weight is 428 g/mol. The van der Waals surface area contributed by atoms with Crippen LogP contribution in [0, 0.1) is 0 Å². The van der Waals surface area contributed by atoms with Crippen LogP contribution in [0.15, 0.2) is 24.4 Å². The highest BCUT2D eigenvalue weighted by molar-refractivity contribution is 5.94. The van der Waals surface area contributed by atoms with Gasteiger partial charge in [0.2, 0.25) is 5.91 Å². The summed E-state index contributed by atoms with van der Waals surface area (Å²) in [7, 11) is 4.06. The van der Waals surface area contributed by atoms with E-state index in [2.05, 4.69) is 25.3 Å². The highest BCUT2D eigenvalue weighted by atomic mass is 16.6. The molecule has 0 fully saturated rings. The third-order valence-electron chi connectivity index (χ3n) is 5.29. The lowest BCUT2D eigenvalue weighted by atomic mass is 9.90. The van der Waals surface area contributed by atoms with Crippen molar-refractivity contribution in [1.29, 1.82) is 0 Å². The number of anilines is 1. The van der Waals surface area contributed by atoms with Gasteiger partial charge in [0.05, 0.1) is 12.2 Å². The van der Waals surface area contributed by atoms with E-state index in [1.807, 2.05) is 45.4 Å². The first kappa shape index (κ1) is 22.4. The number of aryl methyl sites for hydroxylation is 1. The average Bonchev–Trinajstić information content (AvgIpc) is 3.16. The van der Waals surface area contributed by atoms with Crippen LogP contribution in [0.5, 0.6) is 0 Å². The summed E-state index contributed by atoms with van der Waals surface area (Å²) in [4.78, 5) is 38.5. The molecule has 2 heterocycles. The van der Waals surface area contributed by atoms with Crippen LogP contribution < -0.4 is 10.2 Å². The van der Waals surface area contributed by atoms with Crippen LogP contribution in [-0.2, 0) is 20.9 Å². The van der Waals surface area contributed by atoms with E-state index >= 15 is 0 Å². The minimum Gasteiger partial charge on any atom is -0.379 e. The number of hydrogen-bond donors (Lipinski definition) is 1. The van der Waals surface area contributed by atoms with E-state index in [1.54, 1.807) is 9.58 Å². The topological polar surface area (TPSA) is 110 Å². The Kier molecular flexibility index (Phi) is 7.01. The Balaban J connectivity index is 1.90. The molecule has 2 aromatic rings.